The first kappa shape index (κ1) is 13.3. The third-order valence-electron chi connectivity index (χ3n) is 3.20. The first-order chi connectivity index (χ1) is 9.12. The van der Waals surface area contributed by atoms with Gasteiger partial charge in [0.05, 0.1) is 6.61 Å². The van der Waals surface area contributed by atoms with E-state index in [2.05, 4.69) is 19.9 Å². The van der Waals surface area contributed by atoms with Crippen LogP contribution >= 0.6 is 23.5 Å². The minimum atomic E-state index is -0.231. The molecule has 1 aromatic rings. The summed E-state index contributed by atoms with van der Waals surface area (Å²) in [6, 6.07) is 6.18. The van der Waals surface area contributed by atoms with Gasteiger partial charge in [0.25, 0.3) is 0 Å². The fraction of sp³-hybridized carbons (Fsp3) is 0.467. The lowest BCUT2D eigenvalue weighted by Gasteiger charge is -2.38. The van der Waals surface area contributed by atoms with Gasteiger partial charge in [-0.25, -0.2) is 0 Å². The quantitative estimate of drug-likeness (QED) is 0.804. The summed E-state index contributed by atoms with van der Waals surface area (Å²) >= 11 is 3.88. The van der Waals surface area contributed by atoms with Crippen molar-refractivity contribution in [2.75, 3.05) is 18.1 Å². The van der Waals surface area contributed by atoms with Gasteiger partial charge >= 0.3 is 0 Å². The number of fused-ring (bicyclic) bond motifs is 2. The maximum atomic E-state index is 6.20. The number of hydrogen-bond acceptors (Lipinski definition) is 4. The van der Waals surface area contributed by atoms with E-state index in [0.717, 1.165) is 11.5 Å². The predicted molar refractivity (Wildman–Crippen MR) is 84.2 cm³/mol. The standard InChI is InChI=1S/C15H18O2S2/c1-4-16-10-5-6-11-12(9-10)17-15(2,3)14-13(11)18-7-8-19-14/h5-6,9H,4,7-8H2,1-3H3. The van der Waals surface area contributed by atoms with Gasteiger partial charge in [-0.2, -0.15) is 0 Å². The highest BCUT2D eigenvalue weighted by molar-refractivity contribution is 8.13. The first-order valence-corrected chi connectivity index (χ1v) is 8.55. The minimum absolute atomic E-state index is 0.231. The van der Waals surface area contributed by atoms with Gasteiger partial charge in [-0.05, 0) is 32.9 Å². The van der Waals surface area contributed by atoms with Crippen LogP contribution in [0.1, 0.15) is 26.3 Å². The summed E-state index contributed by atoms with van der Waals surface area (Å²) in [5.41, 5.74) is 0.987. The Morgan fingerprint density at radius 1 is 1.26 bits per heavy atom. The molecule has 0 saturated carbocycles. The van der Waals surface area contributed by atoms with E-state index in [1.165, 1.54) is 26.9 Å². The average Bonchev–Trinajstić information content (AvgIpc) is 2.38. The molecule has 1 aromatic carbocycles. The molecule has 0 spiro atoms. The second-order valence-electron chi connectivity index (χ2n) is 5.06. The zero-order valence-corrected chi connectivity index (χ0v) is 13.1. The van der Waals surface area contributed by atoms with Crippen LogP contribution < -0.4 is 9.47 Å². The van der Waals surface area contributed by atoms with Crippen LogP contribution in [0.25, 0.3) is 4.91 Å². The van der Waals surface area contributed by atoms with Crippen molar-refractivity contribution in [3.63, 3.8) is 0 Å². The summed E-state index contributed by atoms with van der Waals surface area (Å²) < 4.78 is 11.8. The summed E-state index contributed by atoms with van der Waals surface area (Å²) in [5, 5.41) is 0. The number of rotatable bonds is 2. The lowest BCUT2D eigenvalue weighted by atomic mass is 10.0. The highest BCUT2D eigenvalue weighted by Crippen LogP contribution is 2.52. The molecule has 102 valence electrons. The van der Waals surface area contributed by atoms with E-state index < -0.39 is 0 Å². The molecule has 0 saturated heterocycles. The molecule has 2 nitrogen and oxygen atoms in total. The average molecular weight is 294 g/mol. The largest absolute Gasteiger partial charge is 0.494 e. The summed E-state index contributed by atoms with van der Waals surface area (Å²) in [7, 11) is 0. The molecule has 0 atom stereocenters. The maximum Gasteiger partial charge on any atom is 0.135 e. The van der Waals surface area contributed by atoms with Crippen molar-refractivity contribution in [1.29, 1.82) is 0 Å². The maximum absolute atomic E-state index is 6.20. The lowest BCUT2D eigenvalue weighted by Crippen LogP contribution is -2.34. The normalized spacial score (nSPS) is 20.4. The van der Waals surface area contributed by atoms with Crippen LogP contribution in [0.3, 0.4) is 0 Å². The van der Waals surface area contributed by atoms with Crippen LogP contribution in [0, 0.1) is 0 Å². The molecule has 0 unspecified atom stereocenters. The molecule has 2 aliphatic heterocycles. The molecule has 0 bridgehead atoms. The molecule has 2 aliphatic rings. The number of hydrogen-bond donors (Lipinski definition) is 0. The minimum Gasteiger partial charge on any atom is -0.494 e. The van der Waals surface area contributed by atoms with Crippen LogP contribution in [0.2, 0.25) is 0 Å². The van der Waals surface area contributed by atoms with E-state index >= 15 is 0 Å². The molecule has 0 N–H and O–H groups in total. The van der Waals surface area contributed by atoms with Gasteiger partial charge < -0.3 is 9.47 Å². The Kier molecular flexibility index (Phi) is 3.48. The Morgan fingerprint density at radius 2 is 2.05 bits per heavy atom. The van der Waals surface area contributed by atoms with E-state index in [1.54, 1.807) is 0 Å². The van der Waals surface area contributed by atoms with E-state index in [4.69, 9.17) is 9.47 Å². The predicted octanol–water partition coefficient (Wildman–Crippen LogP) is 4.40. The molecule has 4 heteroatoms. The van der Waals surface area contributed by atoms with Crippen molar-refractivity contribution in [3.05, 3.63) is 28.7 Å². The molecule has 0 aliphatic carbocycles. The summed E-state index contributed by atoms with van der Waals surface area (Å²) in [6.07, 6.45) is 0. The van der Waals surface area contributed by atoms with Gasteiger partial charge in [0.1, 0.15) is 17.1 Å². The third-order valence-corrected chi connectivity index (χ3v) is 6.10. The van der Waals surface area contributed by atoms with E-state index in [9.17, 15) is 0 Å². The van der Waals surface area contributed by atoms with Crippen LogP contribution in [0.15, 0.2) is 23.1 Å². The Labute approximate surface area is 122 Å². The Bertz CT molecular complexity index is 535. The summed E-state index contributed by atoms with van der Waals surface area (Å²) in [4.78, 5) is 2.77. The number of thioether (sulfide) groups is 2. The van der Waals surface area contributed by atoms with Crippen LogP contribution in [0.4, 0.5) is 0 Å². The van der Waals surface area contributed by atoms with Gasteiger partial charge in [-0.15, -0.1) is 23.5 Å². The van der Waals surface area contributed by atoms with Gasteiger partial charge in [-0.3, -0.25) is 0 Å². The molecule has 3 rings (SSSR count). The molecular formula is C15H18O2S2. The van der Waals surface area contributed by atoms with Crippen molar-refractivity contribution in [3.8, 4) is 11.5 Å². The Morgan fingerprint density at radius 3 is 2.84 bits per heavy atom. The second-order valence-corrected chi connectivity index (χ2v) is 7.27. The monoisotopic (exact) mass is 294 g/mol. The lowest BCUT2D eigenvalue weighted by molar-refractivity contribution is 0.154. The van der Waals surface area contributed by atoms with Crippen molar-refractivity contribution >= 4 is 28.4 Å². The molecule has 0 fully saturated rings. The molecular weight excluding hydrogens is 276 g/mol. The van der Waals surface area contributed by atoms with E-state index in [0.29, 0.717) is 6.61 Å². The SMILES string of the molecule is CCOc1ccc2c(c1)OC(C)(C)C1=C2SCCS1. The van der Waals surface area contributed by atoms with Gasteiger partial charge in [0.2, 0.25) is 0 Å². The van der Waals surface area contributed by atoms with Crippen molar-refractivity contribution in [2.45, 2.75) is 26.4 Å². The van der Waals surface area contributed by atoms with Crippen LogP contribution in [-0.4, -0.2) is 23.7 Å². The molecule has 2 heterocycles. The van der Waals surface area contributed by atoms with Crippen LogP contribution in [-0.2, 0) is 0 Å². The highest BCUT2D eigenvalue weighted by Gasteiger charge is 2.37. The topological polar surface area (TPSA) is 18.5 Å². The third kappa shape index (κ3) is 2.36. The van der Waals surface area contributed by atoms with Crippen molar-refractivity contribution in [2.24, 2.45) is 0 Å². The number of ether oxygens (including phenoxy) is 2. The zero-order chi connectivity index (χ0) is 13.5. The molecule has 0 amide bonds. The highest BCUT2D eigenvalue weighted by atomic mass is 32.2. The van der Waals surface area contributed by atoms with Gasteiger partial charge in [0.15, 0.2) is 0 Å². The number of benzene rings is 1. The molecule has 0 aromatic heterocycles. The molecule has 19 heavy (non-hydrogen) atoms. The van der Waals surface area contributed by atoms with Gasteiger partial charge in [-0.1, -0.05) is 0 Å². The first-order valence-electron chi connectivity index (χ1n) is 6.58. The Hall–Kier alpha value is -0.740. The zero-order valence-electron chi connectivity index (χ0n) is 11.5. The summed E-state index contributed by atoms with van der Waals surface area (Å²) in [6.45, 7) is 6.98. The second kappa shape index (κ2) is 4.98. The molecule has 0 radical (unpaired) electrons. The Balaban J connectivity index is 2.09. The van der Waals surface area contributed by atoms with E-state index in [-0.39, 0.29) is 5.60 Å². The summed E-state index contributed by atoms with van der Waals surface area (Å²) in [5.74, 6) is 4.17. The van der Waals surface area contributed by atoms with Gasteiger partial charge in [0, 0.05) is 32.9 Å². The fourth-order valence-electron chi connectivity index (χ4n) is 2.42. The fourth-order valence-corrected chi connectivity index (χ4v) is 5.18. The smallest absolute Gasteiger partial charge is 0.135 e. The van der Waals surface area contributed by atoms with E-state index in [1.807, 2.05) is 42.6 Å². The van der Waals surface area contributed by atoms with Crippen molar-refractivity contribution < 1.29 is 9.47 Å². The van der Waals surface area contributed by atoms with Crippen molar-refractivity contribution in [1.82, 2.24) is 0 Å². The van der Waals surface area contributed by atoms with Crippen LogP contribution in [0.5, 0.6) is 11.5 Å².